The lowest BCUT2D eigenvalue weighted by molar-refractivity contribution is 0.458. The summed E-state index contributed by atoms with van der Waals surface area (Å²) in [5.74, 6) is 3.69. The summed E-state index contributed by atoms with van der Waals surface area (Å²) in [5, 5.41) is 1.09. The van der Waals surface area contributed by atoms with E-state index in [0.29, 0.717) is 22.1 Å². The average molecular weight is 266 g/mol. The Morgan fingerprint density at radius 3 is 2.80 bits per heavy atom. The van der Waals surface area contributed by atoms with Gasteiger partial charge in [-0.2, -0.15) is 0 Å². The zero-order valence-electron chi connectivity index (χ0n) is 11.0. The summed E-state index contributed by atoms with van der Waals surface area (Å²) in [6.45, 7) is 0. The Kier molecular flexibility index (Phi) is 3.30. The van der Waals surface area contributed by atoms with Crippen LogP contribution >= 0.6 is 0 Å². The van der Waals surface area contributed by atoms with Crippen molar-refractivity contribution in [2.24, 2.45) is 0 Å². The molecule has 0 atom stereocenters. The van der Waals surface area contributed by atoms with E-state index in [9.17, 15) is 4.79 Å². The van der Waals surface area contributed by atoms with Crippen LogP contribution in [-0.4, -0.2) is 0 Å². The van der Waals surface area contributed by atoms with Gasteiger partial charge in [-0.25, -0.2) is 0 Å². The van der Waals surface area contributed by atoms with Crippen LogP contribution in [0.2, 0.25) is 0 Å². The largest absolute Gasteiger partial charge is 0.430 e. The number of para-hydroxylation sites is 1. The van der Waals surface area contributed by atoms with Crippen molar-refractivity contribution in [3.05, 3.63) is 46.3 Å². The predicted octanol–water partition coefficient (Wildman–Crippen LogP) is 3.89. The molecule has 3 aromatic rings. The summed E-state index contributed by atoms with van der Waals surface area (Å²) in [4.78, 5) is 12.3. The Balaban J connectivity index is 1.99. The first-order chi connectivity index (χ1) is 9.79. The molecule has 0 aliphatic rings. The normalized spacial score (nSPS) is 10.9. The van der Waals surface area contributed by atoms with Crippen molar-refractivity contribution < 1.29 is 8.83 Å². The van der Waals surface area contributed by atoms with E-state index < -0.39 is 0 Å². The van der Waals surface area contributed by atoms with Crippen LogP contribution in [0.1, 0.15) is 25.0 Å². The highest BCUT2D eigenvalue weighted by atomic mass is 16.5. The molecule has 0 N–H and O–H groups in total. The molecule has 2 aromatic heterocycles. The molecule has 0 saturated carbocycles. The number of aryl methyl sites for hydroxylation is 1. The molecule has 0 aliphatic carbocycles. The minimum absolute atomic E-state index is 0.0412. The quantitative estimate of drug-likeness (QED) is 0.531. The van der Waals surface area contributed by atoms with Crippen LogP contribution in [0.5, 0.6) is 0 Å². The van der Waals surface area contributed by atoms with Crippen molar-refractivity contribution in [3.8, 4) is 12.3 Å². The molecule has 3 heteroatoms. The van der Waals surface area contributed by atoms with Crippen molar-refractivity contribution in [1.82, 2.24) is 0 Å². The van der Waals surface area contributed by atoms with E-state index in [4.69, 9.17) is 15.3 Å². The topological polar surface area (TPSA) is 43.4 Å². The van der Waals surface area contributed by atoms with Crippen molar-refractivity contribution in [2.75, 3.05) is 0 Å². The first kappa shape index (κ1) is 12.6. The molecule has 100 valence electrons. The van der Waals surface area contributed by atoms with Gasteiger partial charge in [0.2, 0.25) is 5.43 Å². The zero-order chi connectivity index (χ0) is 13.9. The molecule has 0 aliphatic heterocycles. The van der Waals surface area contributed by atoms with Crippen LogP contribution in [-0.2, 0) is 6.42 Å². The maximum absolute atomic E-state index is 12.3. The molecule has 0 spiro atoms. The molecule has 2 heterocycles. The number of hydrogen-bond donors (Lipinski definition) is 0. The van der Waals surface area contributed by atoms with Crippen LogP contribution in [0.3, 0.4) is 0 Å². The van der Waals surface area contributed by atoms with E-state index in [-0.39, 0.29) is 5.43 Å². The van der Waals surface area contributed by atoms with Gasteiger partial charge in [-0.15, -0.1) is 12.3 Å². The third-order valence-corrected chi connectivity index (χ3v) is 3.32. The standard InChI is InChI=1S/C17H14O3/c1-2-3-4-5-8-12-11-14-16(18)13-9-6-7-10-15(13)20-17(14)19-12/h1,6-7,9-11H,3-5,8H2. The Morgan fingerprint density at radius 1 is 1.10 bits per heavy atom. The van der Waals surface area contributed by atoms with Crippen LogP contribution in [0.25, 0.3) is 22.1 Å². The second-order valence-electron chi connectivity index (χ2n) is 4.75. The van der Waals surface area contributed by atoms with Crippen LogP contribution in [0, 0.1) is 12.3 Å². The van der Waals surface area contributed by atoms with Crippen LogP contribution < -0.4 is 5.43 Å². The maximum atomic E-state index is 12.3. The van der Waals surface area contributed by atoms with Crippen molar-refractivity contribution in [2.45, 2.75) is 25.7 Å². The molecule has 3 rings (SSSR count). The Morgan fingerprint density at radius 2 is 1.95 bits per heavy atom. The smallest absolute Gasteiger partial charge is 0.301 e. The van der Waals surface area contributed by atoms with Crippen molar-refractivity contribution in [3.63, 3.8) is 0 Å². The van der Waals surface area contributed by atoms with Gasteiger partial charge in [0.05, 0.1) is 5.39 Å². The number of hydrogen-bond acceptors (Lipinski definition) is 3. The van der Waals surface area contributed by atoms with Crippen molar-refractivity contribution >= 4 is 22.1 Å². The van der Waals surface area contributed by atoms with Gasteiger partial charge in [-0.1, -0.05) is 12.1 Å². The molecule has 0 amide bonds. The molecule has 0 radical (unpaired) electrons. The molecule has 3 nitrogen and oxygen atoms in total. The van der Waals surface area contributed by atoms with Gasteiger partial charge in [0.25, 0.3) is 0 Å². The predicted molar refractivity (Wildman–Crippen MR) is 78.6 cm³/mol. The van der Waals surface area contributed by atoms with E-state index in [0.717, 1.165) is 31.4 Å². The number of terminal acetylenes is 1. The highest BCUT2D eigenvalue weighted by Gasteiger charge is 2.12. The Labute approximate surface area is 116 Å². The number of fused-ring (bicyclic) bond motifs is 2. The number of furan rings is 1. The van der Waals surface area contributed by atoms with Gasteiger partial charge in [0, 0.05) is 12.8 Å². The summed E-state index contributed by atoms with van der Waals surface area (Å²) in [6, 6.07) is 8.97. The third-order valence-electron chi connectivity index (χ3n) is 3.32. The molecule has 0 unspecified atom stereocenters. The van der Waals surface area contributed by atoms with Gasteiger partial charge < -0.3 is 8.83 Å². The Bertz CT molecular complexity index is 846. The number of rotatable bonds is 4. The third kappa shape index (κ3) is 2.21. The molecular weight excluding hydrogens is 252 g/mol. The summed E-state index contributed by atoms with van der Waals surface area (Å²) in [5.41, 5.74) is 0.513. The summed E-state index contributed by atoms with van der Waals surface area (Å²) in [6.07, 6.45) is 8.64. The molecule has 0 saturated heterocycles. The molecule has 0 fully saturated rings. The molecule has 20 heavy (non-hydrogen) atoms. The second-order valence-corrected chi connectivity index (χ2v) is 4.75. The average Bonchev–Trinajstić information content (AvgIpc) is 2.87. The van der Waals surface area contributed by atoms with Crippen LogP contribution in [0.15, 0.2) is 44.0 Å². The van der Waals surface area contributed by atoms with E-state index in [1.54, 1.807) is 18.2 Å². The lowest BCUT2D eigenvalue weighted by atomic mass is 10.1. The van der Waals surface area contributed by atoms with E-state index in [1.807, 2.05) is 12.1 Å². The number of benzene rings is 1. The number of unbranched alkanes of at least 4 members (excludes halogenated alkanes) is 2. The van der Waals surface area contributed by atoms with E-state index in [2.05, 4.69) is 5.92 Å². The molecule has 0 bridgehead atoms. The first-order valence-electron chi connectivity index (χ1n) is 6.67. The first-order valence-corrected chi connectivity index (χ1v) is 6.67. The highest BCUT2D eigenvalue weighted by molar-refractivity contribution is 5.87. The van der Waals surface area contributed by atoms with Gasteiger partial charge in [-0.3, -0.25) is 4.79 Å². The monoisotopic (exact) mass is 266 g/mol. The van der Waals surface area contributed by atoms with Gasteiger partial charge in [-0.05, 0) is 31.0 Å². The van der Waals surface area contributed by atoms with Gasteiger partial charge in [0.1, 0.15) is 16.7 Å². The fraction of sp³-hybridized carbons (Fsp3) is 0.235. The lowest BCUT2D eigenvalue weighted by Gasteiger charge is -1.95. The molecular formula is C17H14O3. The summed E-state index contributed by atoms with van der Waals surface area (Å²) >= 11 is 0. The second kappa shape index (κ2) is 5.26. The Hall–Kier alpha value is -2.47. The van der Waals surface area contributed by atoms with Crippen molar-refractivity contribution in [1.29, 1.82) is 0 Å². The van der Waals surface area contributed by atoms with E-state index >= 15 is 0 Å². The van der Waals surface area contributed by atoms with E-state index in [1.165, 1.54) is 0 Å². The maximum Gasteiger partial charge on any atom is 0.301 e. The minimum Gasteiger partial charge on any atom is -0.430 e. The highest BCUT2D eigenvalue weighted by Crippen LogP contribution is 2.22. The van der Waals surface area contributed by atoms with Crippen LogP contribution in [0.4, 0.5) is 0 Å². The summed E-state index contributed by atoms with van der Waals surface area (Å²) < 4.78 is 11.3. The molecule has 1 aromatic carbocycles. The minimum atomic E-state index is -0.0412. The van der Waals surface area contributed by atoms with Gasteiger partial charge in [0.15, 0.2) is 0 Å². The summed E-state index contributed by atoms with van der Waals surface area (Å²) in [7, 11) is 0. The zero-order valence-corrected chi connectivity index (χ0v) is 11.0. The SMILES string of the molecule is C#CCCCCc1cc2c(=O)c3ccccc3oc2o1. The van der Waals surface area contributed by atoms with Gasteiger partial charge >= 0.3 is 5.78 Å². The fourth-order valence-electron chi connectivity index (χ4n) is 2.30. The lowest BCUT2D eigenvalue weighted by Crippen LogP contribution is -1.99. The fourth-order valence-corrected chi connectivity index (χ4v) is 2.30.